The molecule has 1 rings (SSSR count). The molecule has 1 heterocycles. The lowest BCUT2D eigenvalue weighted by Crippen LogP contribution is -2.33. The molecule has 0 saturated carbocycles. The van der Waals surface area contributed by atoms with Gasteiger partial charge < -0.3 is 11.1 Å². The van der Waals surface area contributed by atoms with Crippen LogP contribution in [0.1, 0.15) is 47.7 Å². The maximum absolute atomic E-state index is 12.0. The zero-order chi connectivity index (χ0) is 13.4. The number of nitrogens with one attached hydrogen (secondary N) is 1. The molecule has 0 bridgehead atoms. The van der Waals surface area contributed by atoms with Crippen LogP contribution in [-0.2, 0) is 0 Å². The molecule has 0 aliphatic heterocycles. The highest BCUT2D eigenvalue weighted by molar-refractivity contribution is 7.14. The summed E-state index contributed by atoms with van der Waals surface area (Å²) in [7, 11) is 0. The van der Waals surface area contributed by atoms with E-state index in [1.54, 1.807) is 0 Å². The summed E-state index contributed by atoms with van der Waals surface area (Å²) in [5.74, 6) is 5.72. The first kappa shape index (κ1) is 14.7. The zero-order valence-corrected chi connectivity index (χ0v) is 11.8. The third kappa shape index (κ3) is 4.52. The van der Waals surface area contributed by atoms with E-state index in [-0.39, 0.29) is 11.9 Å². The van der Waals surface area contributed by atoms with Crippen LogP contribution in [0.2, 0.25) is 0 Å². The van der Waals surface area contributed by atoms with Gasteiger partial charge in [-0.2, -0.15) is 0 Å². The van der Waals surface area contributed by atoms with E-state index >= 15 is 0 Å². The van der Waals surface area contributed by atoms with Crippen molar-refractivity contribution in [2.75, 3.05) is 6.54 Å². The second-order valence-corrected chi connectivity index (χ2v) is 5.12. The lowest BCUT2D eigenvalue weighted by atomic mass is 10.1. The number of amides is 1. The molecular formula is C14H20N2OS. The maximum Gasteiger partial charge on any atom is 0.261 e. The van der Waals surface area contributed by atoms with Crippen LogP contribution >= 0.6 is 11.3 Å². The van der Waals surface area contributed by atoms with Crippen molar-refractivity contribution in [2.45, 2.75) is 39.2 Å². The third-order valence-electron chi connectivity index (χ3n) is 2.61. The number of rotatable bonds is 5. The Morgan fingerprint density at radius 3 is 2.89 bits per heavy atom. The number of nitrogens with two attached hydrogens (primary N) is 1. The van der Waals surface area contributed by atoms with Crippen molar-refractivity contribution in [3.05, 3.63) is 21.9 Å². The molecule has 0 saturated heterocycles. The fourth-order valence-corrected chi connectivity index (χ4v) is 2.43. The summed E-state index contributed by atoms with van der Waals surface area (Å²) in [6, 6.07) is 3.95. The highest BCUT2D eigenvalue weighted by Crippen LogP contribution is 2.16. The highest BCUT2D eigenvalue weighted by atomic mass is 32.1. The molecule has 4 heteroatoms. The standard InChI is InChI=1S/C14H20N2OS/c1-3-6-11(4-2)16-14(17)13-9-8-12(18-13)7-5-10-15/h8-9,11H,3-4,6,10,15H2,1-2H3,(H,16,17). The molecule has 98 valence electrons. The Kier molecular flexibility index (Phi) is 6.48. The van der Waals surface area contributed by atoms with Gasteiger partial charge in [0.1, 0.15) is 0 Å². The quantitative estimate of drug-likeness (QED) is 0.802. The first-order valence-corrected chi connectivity index (χ1v) is 7.12. The van der Waals surface area contributed by atoms with Crippen molar-refractivity contribution in [3.8, 4) is 11.8 Å². The number of thiophene rings is 1. The summed E-state index contributed by atoms with van der Waals surface area (Å²) in [6.07, 6.45) is 3.06. The SMILES string of the molecule is CCCC(CC)NC(=O)c1ccc(C#CCN)s1. The maximum atomic E-state index is 12.0. The van der Waals surface area contributed by atoms with Gasteiger partial charge in [-0.15, -0.1) is 11.3 Å². The van der Waals surface area contributed by atoms with E-state index in [4.69, 9.17) is 5.73 Å². The molecule has 1 atom stereocenters. The Morgan fingerprint density at radius 1 is 1.50 bits per heavy atom. The van der Waals surface area contributed by atoms with Crippen LogP contribution in [0.3, 0.4) is 0 Å². The number of hydrogen-bond acceptors (Lipinski definition) is 3. The Balaban J connectivity index is 2.63. The molecule has 3 N–H and O–H groups in total. The van der Waals surface area contributed by atoms with Crippen LogP contribution in [0, 0.1) is 11.8 Å². The summed E-state index contributed by atoms with van der Waals surface area (Å²) < 4.78 is 0. The number of carbonyl (C=O) groups is 1. The molecule has 1 amide bonds. The van der Waals surface area contributed by atoms with E-state index in [9.17, 15) is 4.79 Å². The van der Waals surface area contributed by atoms with E-state index in [0.29, 0.717) is 11.4 Å². The second kappa shape index (κ2) is 7.91. The molecular weight excluding hydrogens is 244 g/mol. The van der Waals surface area contributed by atoms with Gasteiger partial charge in [0.2, 0.25) is 0 Å². The van der Waals surface area contributed by atoms with Crippen molar-refractivity contribution < 1.29 is 4.79 Å². The van der Waals surface area contributed by atoms with Crippen molar-refractivity contribution in [2.24, 2.45) is 5.73 Å². The molecule has 0 aliphatic rings. The van der Waals surface area contributed by atoms with Crippen molar-refractivity contribution in [3.63, 3.8) is 0 Å². The van der Waals surface area contributed by atoms with E-state index in [2.05, 4.69) is 31.0 Å². The minimum absolute atomic E-state index is 0.00102. The summed E-state index contributed by atoms with van der Waals surface area (Å²) in [5, 5.41) is 3.05. The molecule has 0 aromatic carbocycles. The predicted octanol–water partition coefficient (Wildman–Crippen LogP) is 2.37. The highest BCUT2D eigenvalue weighted by Gasteiger charge is 2.12. The van der Waals surface area contributed by atoms with E-state index in [1.807, 2.05) is 12.1 Å². The molecule has 0 aliphatic carbocycles. The number of hydrogen-bond donors (Lipinski definition) is 2. The van der Waals surface area contributed by atoms with Crippen LogP contribution in [0.5, 0.6) is 0 Å². The fraction of sp³-hybridized carbons (Fsp3) is 0.500. The van der Waals surface area contributed by atoms with Gasteiger partial charge in [0.05, 0.1) is 16.3 Å². The molecule has 1 unspecified atom stereocenters. The normalized spacial score (nSPS) is 11.5. The van der Waals surface area contributed by atoms with Crippen LogP contribution in [0.15, 0.2) is 12.1 Å². The molecule has 1 aromatic rings. The molecule has 0 radical (unpaired) electrons. The lowest BCUT2D eigenvalue weighted by Gasteiger charge is -2.15. The van der Waals surface area contributed by atoms with Crippen LogP contribution < -0.4 is 11.1 Å². The summed E-state index contributed by atoms with van der Waals surface area (Å²) in [5.41, 5.74) is 5.31. The van der Waals surface area contributed by atoms with Gasteiger partial charge in [-0.25, -0.2) is 0 Å². The first-order valence-electron chi connectivity index (χ1n) is 6.30. The molecule has 3 nitrogen and oxygen atoms in total. The van der Waals surface area contributed by atoms with Gasteiger partial charge in [0.25, 0.3) is 5.91 Å². The Bertz CT molecular complexity index is 442. The summed E-state index contributed by atoms with van der Waals surface area (Å²) in [4.78, 5) is 13.6. The average Bonchev–Trinajstić information content (AvgIpc) is 2.84. The van der Waals surface area contributed by atoms with Crippen LogP contribution in [-0.4, -0.2) is 18.5 Å². The monoisotopic (exact) mass is 264 g/mol. The topological polar surface area (TPSA) is 55.1 Å². The smallest absolute Gasteiger partial charge is 0.261 e. The zero-order valence-electron chi connectivity index (χ0n) is 11.0. The third-order valence-corrected chi connectivity index (χ3v) is 3.61. The van der Waals surface area contributed by atoms with Gasteiger partial charge in [0, 0.05) is 6.04 Å². The Hall–Kier alpha value is -1.31. The molecule has 1 aromatic heterocycles. The molecule has 0 fully saturated rings. The van der Waals surface area contributed by atoms with Crippen molar-refractivity contribution in [1.29, 1.82) is 0 Å². The average molecular weight is 264 g/mol. The summed E-state index contributed by atoms with van der Waals surface area (Å²) in [6.45, 7) is 4.56. The minimum atomic E-state index is 0.00102. The molecule has 18 heavy (non-hydrogen) atoms. The largest absolute Gasteiger partial charge is 0.349 e. The predicted molar refractivity (Wildman–Crippen MR) is 76.7 cm³/mol. The van der Waals surface area contributed by atoms with Gasteiger partial charge in [-0.3, -0.25) is 4.79 Å². The van der Waals surface area contributed by atoms with Crippen LogP contribution in [0.4, 0.5) is 0 Å². The van der Waals surface area contributed by atoms with E-state index in [1.165, 1.54) is 11.3 Å². The fourth-order valence-electron chi connectivity index (χ4n) is 1.65. The van der Waals surface area contributed by atoms with Crippen molar-refractivity contribution >= 4 is 17.2 Å². The van der Waals surface area contributed by atoms with Crippen molar-refractivity contribution in [1.82, 2.24) is 5.32 Å². The van der Waals surface area contributed by atoms with Gasteiger partial charge in [0.15, 0.2) is 0 Å². The Labute approximate surface area is 113 Å². The van der Waals surface area contributed by atoms with Gasteiger partial charge in [-0.1, -0.05) is 32.1 Å². The van der Waals surface area contributed by atoms with E-state index in [0.717, 1.165) is 24.1 Å². The molecule has 0 spiro atoms. The summed E-state index contributed by atoms with van der Waals surface area (Å²) >= 11 is 1.41. The van der Waals surface area contributed by atoms with Crippen LogP contribution in [0.25, 0.3) is 0 Å². The second-order valence-electron chi connectivity index (χ2n) is 4.04. The van der Waals surface area contributed by atoms with Gasteiger partial charge >= 0.3 is 0 Å². The first-order chi connectivity index (χ1) is 8.71. The van der Waals surface area contributed by atoms with Gasteiger partial charge in [-0.05, 0) is 25.0 Å². The minimum Gasteiger partial charge on any atom is -0.349 e. The number of carbonyl (C=O) groups excluding carboxylic acids is 1. The lowest BCUT2D eigenvalue weighted by molar-refractivity contribution is 0.0938. The van der Waals surface area contributed by atoms with E-state index < -0.39 is 0 Å². The Morgan fingerprint density at radius 2 is 2.28 bits per heavy atom.